The Balaban J connectivity index is 1.46. The number of aromatic nitrogens is 4. The van der Waals surface area contributed by atoms with Crippen molar-refractivity contribution in [3.05, 3.63) is 76.7 Å². The first kappa shape index (κ1) is 24.5. The van der Waals surface area contributed by atoms with Gasteiger partial charge in [0.2, 0.25) is 0 Å². The van der Waals surface area contributed by atoms with E-state index < -0.39 is 0 Å². The van der Waals surface area contributed by atoms with E-state index in [1.54, 1.807) is 58.7 Å². The first-order chi connectivity index (χ1) is 17.4. The van der Waals surface area contributed by atoms with Gasteiger partial charge >= 0.3 is 0 Å². The van der Waals surface area contributed by atoms with E-state index in [4.69, 9.17) is 14.2 Å². The van der Waals surface area contributed by atoms with Gasteiger partial charge in [0.15, 0.2) is 0 Å². The lowest BCUT2D eigenvalue weighted by Gasteiger charge is -2.09. The molecule has 4 aromatic rings. The lowest BCUT2D eigenvalue weighted by molar-refractivity contribution is 0.0942. The molecular weight excluding hydrogens is 462 g/mol. The van der Waals surface area contributed by atoms with Crippen LogP contribution in [0.15, 0.2) is 65.5 Å². The summed E-state index contributed by atoms with van der Waals surface area (Å²) in [6.07, 6.45) is 0. The zero-order valence-corrected chi connectivity index (χ0v) is 20.5. The summed E-state index contributed by atoms with van der Waals surface area (Å²) in [5.74, 6) is 1.68. The van der Waals surface area contributed by atoms with Crippen LogP contribution in [0.1, 0.15) is 10.5 Å². The van der Waals surface area contributed by atoms with E-state index in [-0.39, 0.29) is 24.6 Å². The van der Waals surface area contributed by atoms with Crippen LogP contribution in [-0.2, 0) is 13.6 Å². The molecule has 0 radical (unpaired) electrons. The molecule has 0 bridgehead atoms. The second-order valence-corrected chi connectivity index (χ2v) is 7.87. The molecule has 0 saturated heterocycles. The third kappa shape index (κ3) is 5.22. The van der Waals surface area contributed by atoms with Gasteiger partial charge in [-0.05, 0) is 54.6 Å². The molecule has 0 atom stereocenters. The lowest BCUT2D eigenvalue weighted by Crippen LogP contribution is -2.32. The number of carbonyl (C=O) groups is 1. The Morgan fingerprint density at radius 3 is 2.28 bits per heavy atom. The molecule has 0 aliphatic carbocycles. The fourth-order valence-corrected chi connectivity index (χ4v) is 3.72. The largest absolute Gasteiger partial charge is 0.497 e. The molecule has 0 saturated carbocycles. The molecule has 1 amide bonds. The van der Waals surface area contributed by atoms with Crippen LogP contribution < -0.4 is 25.1 Å². The Bertz CT molecular complexity index is 1430. The fourth-order valence-electron chi connectivity index (χ4n) is 3.72. The predicted octanol–water partition coefficient (Wildman–Crippen LogP) is 2.77. The Morgan fingerprint density at radius 2 is 1.58 bits per heavy atom. The van der Waals surface area contributed by atoms with Crippen LogP contribution in [0.4, 0.5) is 0 Å². The highest BCUT2D eigenvalue weighted by Gasteiger charge is 2.17. The molecule has 1 N–H and O–H groups in total. The topological polar surface area (TPSA) is 110 Å². The number of rotatable bonds is 9. The minimum atomic E-state index is -0.322. The van der Waals surface area contributed by atoms with Gasteiger partial charge in [-0.15, -0.1) is 0 Å². The summed E-state index contributed by atoms with van der Waals surface area (Å²) in [4.78, 5) is 25.2. The zero-order chi connectivity index (χ0) is 25.7. The van der Waals surface area contributed by atoms with Gasteiger partial charge < -0.3 is 19.5 Å². The summed E-state index contributed by atoms with van der Waals surface area (Å²) < 4.78 is 18.7. The van der Waals surface area contributed by atoms with E-state index in [2.05, 4.69) is 15.5 Å². The maximum Gasteiger partial charge on any atom is 0.269 e. The maximum atomic E-state index is 12.9. The van der Waals surface area contributed by atoms with Gasteiger partial charge in [-0.2, -0.15) is 10.2 Å². The van der Waals surface area contributed by atoms with Crippen molar-refractivity contribution < 1.29 is 19.0 Å². The lowest BCUT2D eigenvalue weighted by atomic mass is 10.1. The van der Waals surface area contributed by atoms with E-state index >= 15 is 0 Å². The highest BCUT2D eigenvalue weighted by molar-refractivity contribution is 5.94. The molecule has 0 spiro atoms. The van der Waals surface area contributed by atoms with Crippen molar-refractivity contribution in [3.8, 4) is 39.8 Å². The first-order valence-corrected chi connectivity index (χ1v) is 11.2. The summed E-state index contributed by atoms with van der Waals surface area (Å²) in [6.45, 7) is 0.420. The Kier molecular flexibility index (Phi) is 7.33. The minimum Gasteiger partial charge on any atom is -0.497 e. The third-order valence-corrected chi connectivity index (χ3v) is 5.66. The van der Waals surface area contributed by atoms with Gasteiger partial charge in [0, 0.05) is 30.8 Å². The molecular formula is C26H27N5O5. The molecule has 0 fully saturated rings. The van der Waals surface area contributed by atoms with Crippen LogP contribution in [-0.4, -0.2) is 53.3 Å². The number of carbonyl (C=O) groups excluding carboxylic acids is 1. The highest BCUT2D eigenvalue weighted by Crippen LogP contribution is 2.32. The van der Waals surface area contributed by atoms with E-state index in [1.807, 2.05) is 24.3 Å². The summed E-state index contributed by atoms with van der Waals surface area (Å²) in [6, 6.07) is 17.6. The maximum absolute atomic E-state index is 12.9. The minimum absolute atomic E-state index is 0.209. The molecule has 0 aliphatic rings. The number of aryl methyl sites for hydroxylation is 1. The van der Waals surface area contributed by atoms with Crippen molar-refractivity contribution >= 4 is 5.91 Å². The number of nitrogens with zero attached hydrogens (tertiary/aromatic N) is 4. The summed E-state index contributed by atoms with van der Waals surface area (Å²) in [5, 5.41) is 11.7. The van der Waals surface area contributed by atoms with Crippen LogP contribution in [0.5, 0.6) is 17.2 Å². The number of hydrogen-bond donors (Lipinski definition) is 1. The number of benzene rings is 2. The monoisotopic (exact) mass is 489 g/mol. The molecule has 4 rings (SSSR count). The van der Waals surface area contributed by atoms with Crippen LogP contribution in [0.25, 0.3) is 22.5 Å². The van der Waals surface area contributed by atoms with Gasteiger partial charge in [-0.1, -0.05) is 0 Å². The van der Waals surface area contributed by atoms with E-state index in [0.29, 0.717) is 34.1 Å². The molecule has 2 aromatic heterocycles. The molecule has 0 unspecified atom stereocenters. The van der Waals surface area contributed by atoms with E-state index in [1.165, 1.54) is 15.4 Å². The van der Waals surface area contributed by atoms with Crippen LogP contribution in [0.2, 0.25) is 0 Å². The number of hydrogen-bond acceptors (Lipinski definition) is 7. The highest BCUT2D eigenvalue weighted by atomic mass is 16.5. The molecule has 10 nitrogen and oxygen atoms in total. The van der Waals surface area contributed by atoms with Crippen molar-refractivity contribution in [2.45, 2.75) is 6.54 Å². The Labute approximate surface area is 208 Å². The Hall–Kier alpha value is -4.60. The van der Waals surface area contributed by atoms with E-state index in [9.17, 15) is 9.59 Å². The van der Waals surface area contributed by atoms with Gasteiger partial charge in [0.05, 0.1) is 39.3 Å². The van der Waals surface area contributed by atoms with Crippen molar-refractivity contribution in [1.82, 2.24) is 24.9 Å². The van der Waals surface area contributed by atoms with E-state index in [0.717, 1.165) is 11.3 Å². The molecule has 10 heteroatoms. The van der Waals surface area contributed by atoms with Crippen LogP contribution in [0.3, 0.4) is 0 Å². The van der Waals surface area contributed by atoms with Crippen molar-refractivity contribution in [2.24, 2.45) is 7.05 Å². The van der Waals surface area contributed by atoms with Gasteiger partial charge in [-0.25, -0.2) is 4.68 Å². The third-order valence-electron chi connectivity index (χ3n) is 5.66. The standard InChI is InChI=1S/C26H27N5O5/c1-30-23(16-22(28-30)20-15-19(35-3)9-11-24(20)36-4)26(33)27-13-14-31-25(32)12-10-21(29-31)17-5-7-18(34-2)8-6-17/h5-12,15-16H,13-14H2,1-4H3,(H,27,33). The van der Waals surface area contributed by atoms with Gasteiger partial charge in [0.1, 0.15) is 22.9 Å². The quantitative estimate of drug-likeness (QED) is 0.385. The summed E-state index contributed by atoms with van der Waals surface area (Å²) >= 11 is 0. The SMILES string of the molecule is COc1ccc(-c2ccc(=O)n(CCNC(=O)c3cc(-c4cc(OC)ccc4OC)nn3C)n2)cc1. The smallest absolute Gasteiger partial charge is 0.269 e. The van der Waals surface area contributed by atoms with Crippen molar-refractivity contribution in [2.75, 3.05) is 27.9 Å². The zero-order valence-electron chi connectivity index (χ0n) is 20.5. The summed E-state index contributed by atoms with van der Waals surface area (Å²) in [5.41, 5.74) is 2.88. The van der Waals surface area contributed by atoms with Gasteiger partial charge in [-0.3, -0.25) is 14.3 Å². The second-order valence-electron chi connectivity index (χ2n) is 7.87. The fraction of sp³-hybridized carbons (Fsp3) is 0.231. The normalized spacial score (nSPS) is 10.7. The number of ether oxygens (including phenoxy) is 3. The van der Waals surface area contributed by atoms with Crippen molar-refractivity contribution in [1.29, 1.82) is 0 Å². The molecule has 186 valence electrons. The number of methoxy groups -OCH3 is 3. The Morgan fingerprint density at radius 1 is 0.861 bits per heavy atom. The molecule has 2 heterocycles. The molecule has 2 aromatic carbocycles. The van der Waals surface area contributed by atoms with Crippen molar-refractivity contribution in [3.63, 3.8) is 0 Å². The predicted molar refractivity (Wildman–Crippen MR) is 135 cm³/mol. The first-order valence-electron chi connectivity index (χ1n) is 11.2. The number of amides is 1. The number of nitrogens with one attached hydrogen (secondary N) is 1. The van der Waals surface area contributed by atoms with Crippen LogP contribution >= 0.6 is 0 Å². The summed E-state index contributed by atoms with van der Waals surface area (Å²) in [7, 11) is 6.44. The molecule has 36 heavy (non-hydrogen) atoms. The molecule has 0 aliphatic heterocycles. The second kappa shape index (κ2) is 10.8. The van der Waals surface area contributed by atoms with Gasteiger partial charge in [0.25, 0.3) is 11.5 Å². The average molecular weight is 490 g/mol. The van der Waals surface area contributed by atoms with Crippen LogP contribution in [0, 0.1) is 0 Å². The average Bonchev–Trinajstić information content (AvgIpc) is 3.30.